The van der Waals surface area contributed by atoms with Crippen LogP contribution < -0.4 is 10.6 Å². The molecule has 3 rings (SSSR count). The van der Waals surface area contributed by atoms with Gasteiger partial charge in [0.05, 0.1) is 19.3 Å². The Bertz CT molecular complexity index is 641. The van der Waals surface area contributed by atoms with Gasteiger partial charge >= 0.3 is 0 Å². The molecule has 0 aromatic heterocycles. The average molecular weight is 420 g/mol. The molecule has 0 aliphatic carbocycles. The quantitative estimate of drug-likeness (QED) is 0.501. The number of nitrogens with zero attached hydrogens (tertiary/aromatic N) is 3. The molecule has 2 heterocycles. The molecule has 0 amide bonds. The highest BCUT2D eigenvalue weighted by molar-refractivity contribution is 5.79. The molecule has 1 aromatic carbocycles. The van der Waals surface area contributed by atoms with Crippen LogP contribution in [-0.2, 0) is 4.74 Å². The molecule has 2 fully saturated rings. The monoisotopic (exact) mass is 419 g/mol. The number of hydrogen-bond acceptors (Lipinski definition) is 4. The van der Waals surface area contributed by atoms with E-state index >= 15 is 0 Å². The van der Waals surface area contributed by atoms with Crippen molar-refractivity contribution < 1.29 is 9.13 Å². The molecule has 0 bridgehead atoms. The van der Waals surface area contributed by atoms with E-state index in [1.54, 1.807) is 0 Å². The normalized spacial score (nSPS) is 21.2. The Labute approximate surface area is 180 Å². The van der Waals surface area contributed by atoms with E-state index in [0.717, 1.165) is 50.9 Å². The third-order valence-corrected chi connectivity index (χ3v) is 6.06. The number of rotatable bonds is 8. The molecule has 2 atom stereocenters. The Balaban J connectivity index is 1.51. The highest BCUT2D eigenvalue weighted by Crippen LogP contribution is 2.21. The highest BCUT2D eigenvalue weighted by atomic mass is 19.1. The van der Waals surface area contributed by atoms with Gasteiger partial charge in [-0.3, -0.25) is 9.89 Å². The SMILES string of the molecule is CN=C(NCC(C)CN1CCCCC1)NCC(c1ccc(F)cc1)N1CCOCC1. The fourth-order valence-corrected chi connectivity index (χ4v) is 4.36. The van der Waals surface area contributed by atoms with Gasteiger partial charge in [-0.15, -0.1) is 0 Å². The topological polar surface area (TPSA) is 52.1 Å². The lowest BCUT2D eigenvalue weighted by Crippen LogP contribution is -2.47. The summed E-state index contributed by atoms with van der Waals surface area (Å²) in [7, 11) is 1.81. The lowest BCUT2D eigenvalue weighted by molar-refractivity contribution is 0.0170. The molecule has 0 spiro atoms. The molecule has 0 saturated carbocycles. The van der Waals surface area contributed by atoms with Gasteiger partial charge in [-0.25, -0.2) is 4.39 Å². The van der Waals surface area contributed by atoms with E-state index in [0.29, 0.717) is 12.5 Å². The molecule has 30 heavy (non-hydrogen) atoms. The predicted octanol–water partition coefficient (Wildman–Crippen LogP) is 2.49. The molecule has 7 heteroatoms. The van der Waals surface area contributed by atoms with Crippen LogP contribution in [0.2, 0.25) is 0 Å². The van der Waals surface area contributed by atoms with Crippen molar-refractivity contribution in [2.75, 3.05) is 66.1 Å². The summed E-state index contributed by atoms with van der Waals surface area (Å²) < 4.78 is 18.9. The Hall–Kier alpha value is -1.70. The first-order valence-electron chi connectivity index (χ1n) is 11.4. The number of piperidine rings is 1. The van der Waals surface area contributed by atoms with Crippen LogP contribution in [0.3, 0.4) is 0 Å². The molecule has 2 N–H and O–H groups in total. The third-order valence-electron chi connectivity index (χ3n) is 6.06. The van der Waals surface area contributed by atoms with Crippen LogP contribution in [-0.4, -0.2) is 81.8 Å². The maximum absolute atomic E-state index is 13.4. The van der Waals surface area contributed by atoms with Gasteiger partial charge in [0.1, 0.15) is 5.82 Å². The number of guanidine groups is 1. The molecule has 2 unspecified atom stereocenters. The van der Waals surface area contributed by atoms with E-state index in [2.05, 4.69) is 32.3 Å². The molecule has 168 valence electrons. The lowest BCUT2D eigenvalue weighted by Gasteiger charge is -2.35. The van der Waals surface area contributed by atoms with Crippen molar-refractivity contribution in [2.24, 2.45) is 10.9 Å². The van der Waals surface area contributed by atoms with Gasteiger partial charge in [-0.2, -0.15) is 0 Å². The van der Waals surface area contributed by atoms with Gasteiger partial charge in [0.25, 0.3) is 0 Å². The standard InChI is InChI=1S/C23H38FN5O/c1-19(18-28-10-4-3-5-11-28)16-26-23(25-2)27-17-22(29-12-14-30-15-13-29)20-6-8-21(24)9-7-20/h6-9,19,22H,3-5,10-18H2,1-2H3,(H2,25,26,27). The molecule has 2 aliphatic rings. The fourth-order valence-electron chi connectivity index (χ4n) is 4.36. The fraction of sp³-hybridized carbons (Fsp3) is 0.696. The predicted molar refractivity (Wildman–Crippen MR) is 120 cm³/mol. The van der Waals surface area contributed by atoms with Gasteiger partial charge in [0.15, 0.2) is 5.96 Å². The maximum Gasteiger partial charge on any atom is 0.191 e. The zero-order valence-electron chi connectivity index (χ0n) is 18.6. The van der Waals surface area contributed by atoms with Gasteiger partial charge in [-0.05, 0) is 49.5 Å². The number of hydrogen-bond donors (Lipinski definition) is 2. The smallest absolute Gasteiger partial charge is 0.191 e. The minimum absolute atomic E-state index is 0.152. The molecular formula is C23H38FN5O. The number of benzene rings is 1. The van der Waals surface area contributed by atoms with E-state index < -0.39 is 0 Å². The molecule has 1 aromatic rings. The summed E-state index contributed by atoms with van der Waals surface area (Å²) in [5, 5.41) is 6.97. The summed E-state index contributed by atoms with van der Waals surface area (Å²) in [6, 6.07) is 7.00. The van der Waals surface area contributed by atoms with E-state index in [9.17, 15) is 4.39 Å². The molecule has 2 aliphatic heterocycles. The molecule has 6 nitrogen and oxygen atoms in total. The van der Waals surface area contributed by atoms with Crippen LogP contribution >= 0.6 is 0 Å². The number of nitrogens with one attached hydrogen (secondary N) is 2. The summed E-state index contributed by atoms with van der Waals surface area (Å²) in [6.07, 6.45) is 4.03. The average Bonchev–Trinajstić information content (AvgIpc) is 2.78. The van der Waals surface area contributed by atoms with Crippen molar-refractivity contribution in [2.45, 2.75) is 32.2 Å². The summed E-state index contributed by atoms with van der Waals surface area (Å²) in [5.41, 5.74) is 1.11. The van der Waals surface area contributed by atoms with Crippen LogP contribution in [0.25, 0.3) is 0 Å². The molecule has 0 radical (unpaired) electrons. The van der Waals surface area contributed by atoms with Crippen molar-refractivity contribution in [3.8, 4) is 0 Å². The van der Waals surface area contributed by atoms with Gasteiger partial charge < -0.3 is 20.3 Å². The number of halogens is 1. The number of morpholine rings is 1. The van der Waals surface area contributed by atoms with Crippen molar-refractivity contribution >= 4 is 5.96 Å². The number of ether oxygens (including phenoxy) is 1. The number of aliphatic imine (C=N–C) groups is 1. The van der Waals surface area contributed by atoms with E-state index in [-0.39, 0.29) is 11.9 Å². The Morgan fingerprint density at radius 1 is 1.03 bits per heavy atom. The van der Waals surface area contributed by atoms with Gasteiger partial charge in [0, 0.05) is 39.8 Å². The first-order valence-corrected chi connectivity index (χ1v) is 11.4. The maximum atomic E-state index is 13.4. The Morgan fingerprint density at radius 2 is 1.70 bits per heavy atom. The van der Waals surface area contributed by atoms with E-state index in [1.807, 2.05) is 19.2 Å². The summed E-state index contributed by atoms with van der Waals surface area (Å²) in [6.45, 7) is 10.7. The largest absolute Gasteiger partial charge is 0.379 e. The van der Waals surface area contributed by atoms with Crippen molar-refractivity contribution in [1.29, 1.82) is 0 Å². The van der Waals surface area contributed by atoms with E-state index in [4.69, 9.17) is 4.74 Å². The van der Waals surface area contributed by atoms with E-state index in [1.165, 1.54) is 44.5 Å². The third kappa shape index (κ3) is 7.22. The molecular weight excluding hydrogens is 381 g/mol. The zero-order valence-corrected chi connectivity index (χ0v) is 18.6. The molecule has 2 saturated heterocycles. The van der Waals surface area contributed by atoms with Crippen LogP contribution in [0.5, 0.6) is 0 Å². The Kier molecular flexibility index (Phi) is 9.36. The van der Waals surface area contributed by atoms with Crippen LogP contribution in [0.1, 0.15) is 37.8 Å². The minimum Gasteiger partial charge on any atom is -0.379 e. The first kappa shape index (κ1) is 23.0. The summed E-state index contributed by atoms with van der Waals surface area (Å²) in [5.74, 6) is 1.18. The van der Waals surface area contributed by atoms with Crippen LogP contribution in [0, 0.1) is 11.7 Å². The summed E-state index contributed by atoms with van der Waals surface area (Å²) in [4.78, 5) is 9.39. The van der Waals surface area contributed by atoms with Crippen LogP contribution in [0.4, 0.5) is 4.39 Å². The zero-order chi connectivity index (χ0) is 21.2. The highest BCUT2D eigenvalue weighted by Gasteiger charge is 2.23. The second kappa shape index (κ2) is 12.2. The summed E-state index contributed by atoms with van der Waals surface area (Å²) >= 11 is 0. The van der Waals surface area contributed by atoms with Crippen molar-refractivity contribution in [3.05, 3.63) is 35.6 Å². The van der Waals surface area contributed by atoms with Crippen molar-refractivity contribution in [1.82, 2.24) is 20.4 Å². The number of likely N-dealkylation sites (tertiary alicyclic amines) is 1. The van der Waals surface area contributed by atoms with Crippen LogP contribution in [0.15, 0.2) is 29.3 Å². The van der Waals surface area contributed by atoms with Gasteiger partial charge in [-0.1, -0.05) is 25.5 Å². The lowest BCUT2D eigenvalue weighted by atomic mass is 10.0. The second-order valence-electron chi connectivity index (χ2n) is 8.52. The van der Waals surface area contributed by atoms with Crippen molar-refractivity contribution in [3.63, 3.8) is 0 Å². The van der Waals surface area contributed by atoms with Gasteiger partial charge in [0.2, 0.25) is 0 Å². The Morgan fingerprint density at radius 3 is 2.37 bits per heavy atom. The first-order chi connectivity index (χ1) is 14.7. The second-order valence-corrected chi connectivity index (χ2v) is 8.52. The minimum atomic E-state index is -0.201.